The van der Waals surface area contributed by atoms with Gasteiger partial charge in [0.05, 0.1) is 16.8 Å². The van der Waals surface area contributed by atoms with Crippen LogP contribution in [0.3, 0.4) is 0 Å². The third kappa shape index (κ3) is 2.94. The molecule has 2 rings (SSSR count). The Balaban J connectivity index is 2.27. The lowest BCUT2D eigenvalue weighted by molar-refractivity contribution is 0.594. The number of benzene rings is 1. The first-order valence-corrected chi connectivity index (χ1v) is 7.90. The maximum atomic E-state index is 11.1. The van der Waals surface area contributed by atoms with E-state index >= 15 is 0 Å². The number of nitrogens with zero attached hydrogens (tertiary/aromatic N) is 2. The summed E-state index contributed by atoms with van der Waals surface area (Å²) in [6, 6.07) is 5.32. The molecule has 18 heavy (non-hydrogen) atoms. The Morgan fingerprint density at radius 3 is 2.83 bits per heavy atom. The average Bonchev–Trinajstić information content (AvgIpc) is 2.54. The van der Waals surface area contributed by atoms with Crippen LogP contribution in [0.4, 0.5) is 5.95 Å². The summed E-state index contributed by atoms with van der Waals surface area (Å²) in [6.45, 7) is 0.510. The first kappa shape index (κ1) is 13.2. The first-order chi connectivity index (χ1) is 8.37. The van der Waals surface area contributed by atoms with Crippen molar-refractivity contribution < 1.29 is 8.42 Å². The van der Waals surface area contributed by atoms with Crippen LogP contribution in [0.5, 0.6) is 0 Å². The van der Waals surface area contributed by atoms with Crippen molar-refractivity contribution in [2.24, 2.45) is 0 Å². The van der Waals surface area contributed by atoms with Gasteiger partial charge < -0.3 is 10.3 Å². The van der Waals surface area contributed by atoms with E-state index < -0.39 is 9.84 Å². The summed E-state index contributed by atoms with van der Waals surface area (Å²) in [7, 11) is -2.95. The van der Waals surface area contributed by atoms with Crippen molar-refractivity contribution in [1.29, 1.82) is 0 Å². The molecule has 98 valence electrons. The Bertz CT molecular complexity index is 679. The van der Waals surface area contributed by atoms with Crippen LogP contribution in [0.15, 0.2) is 18.2 Å². The number of aryl methyl sites for hydroxylation is 1. The molecule has 0 radical (unpaired) electrons. The molecule has 0 saturated heterocycles. The molecular formula is C11H14ClN3O2S. The lowest BCUT2D eigenvalue weighted by Gasteiger charge is -2.05. The summed E-state index contributed by atoms with van der Waals surface area (Å²) < 4.78 is 24.0. The second-order valence-corrected chi connectivity index (χ2v) is 6.93. The Labute approximate surface area is 110 Å². The largest absolute Gasteiger partial charge is 0.369 e. The topological polar surface area (TPSA) is 78.0 Å². The molecule has 0 unspecified atom stereocenters. The first-order valence-electron chi connectivity index (χ1n) is 5.46. The highest BCUT2D eigenvalue weighted by atomic mass is 35.5. The number of imidazole rings is 1. The van der Waals surface area contributed by atoms with Crippen LogP contribution < -0.4 is 5.73 Å². The minimum absolute atomic E-state index is 0.132. The van der Waals surface area contributed by atoms with Crippen LogP contribution in [0.2, 0.25) is 5.02 Å². The molecular weight excluding hydrogens is 274 g/mol. The minimum Gasteiger partial charge on any atom is -0.369 e. The van der Waals surface area contributed by atoms with Crippen LogP contribution >= 0.6 is 11.6 Å². The molecule has 1 aromatic heterocycles. The highest BCUT2D eigenvalue weighted by Crippen LogP contribution is 2.22. The highest BCUT2D eigenvalue weighted by Gasteiger charge is 2.09. The van der Waals surface area contributed by atoms with Gasteiger partial charge in [-0.2, -0.15) is 0 Å². The predicted molar refractivity (Wildman–Crippen MR) is 73.5 cm³/mol. The smallest absolute Gasteiger partial charge is 0.201 e. The van der Waals surface area contributed by atoms with E-state index in [2.05, 4.69) is 4.98 Å². The van der Waals surface area contributed by atoms with Crippen LogP contribution in [0.1, 0.15) is 6.42 Å². The third-order valence-corrected chi connectivity index (χ3v) is 3.90. The number of hydrogen-bond acceptors (Lipinski definition) is 4. The Morgan fingerprint density at radius 1 is 1.44 bits per heavy atom. The minimum atomic E-state index is -2.95. The van der Waals surface area contributed by atoms with E-state index in [1.165, 1.54) is 6.26 Å². The molecule has 5 nitrogen and oxygen atoms in total. The van der Waals surface area contributed by atoms with Crippen LogP contribution in [0, 0.1) is 0 Å². The molecule has 0 aliphatic rings. The molecule has 0 atom stereocenters. The number of anilines is 1. The van der Waals surface area contributed by atoms with Gasteiger partial charge in [-0.1, -0.05) is 11.6 Å². The van der Waals surface area contributed by atoms with E-state index in [0.717, 1.165) is 11.0 Å². The fourth-order valence-corrected chi connectivity index (χ4v) is 2.65. The average molecular weight is 288 g/mol. The molecule has 0 aliphatic heterocycles. The molecule has 0 bridgehead atoms. The van der Waals surface area contributed by atoms with Crippen molar-refractivity contribution in [3.8, 4) is 0 Å². The molecule has 2 N–H and O–H groups in total. The van der Waals surface area contributed by atoms with E-state index in [0.29, 0.717) is 23.9 Å². The van der Waals surface area contributed by atoms with Crippen molar-refractivity contribution in [2.45, 2.75) is 13.0 Å². The zero-order valence-electron chi connectivity index (χ0n) is 9.93. The summed E-state index contributed by atoms with van der Waals surface area (Å²) in [5.74, 6) is 0.507. The van der Waals surface area contributed by atoms with E-state index in [-0.39, 0.29) is 5.75 Å². The Hall–Kier alpha value is -1.27. The summed E-state index contributed by atoms with van der Waals surface area (Å²) in [5.41, 5.74) is 7.40. The number of sulfone groups is 1. The molecule has 1 aromatic carbocycles. The van der Waals surface area contributed by atoms with Gasteiger partial charge in [0.25, 0.3) is 0 Å². The zero-order chi connectivity index (χ0) is 13.3. The maximum absolute atomic E-state index is 11.1. The Kier molecular flexibility index (Phi) is 3.49. The fraction of sp³-hybridized carbons (Fsp3) is 0.364. The van der Waals surface area contributed by atoms with E-state index in [1.54, 1.807) is 22.8 Å². The van der Waals surface area contributed by atoms with Gasteiger partial charge in [0, 0.05) is 17.8 Å². The summed E-state index contributed by atoms with van der Waals surface area (Å²) in [5, 5.41) is 0.603. The molecule has 0 amide bonds. The maximum Gasteiger partial charge on any atom is 0.201 e. The molecule has 0 saturated carbocycles. The fourth-order valence-electron chi connectivity index (χ4n) is 1.83. The summed E-state index contributed by atoms with van der Waals surface area (Å²) in [6.07, 6.45) is 1.72. The Morgan fingerprint density at radius 2 is 2.17 bits per heavy atom. The second-order valence-electron chi connectivity index (χ2n) is 4.24. The van der Waals surface area contributed by atoms with Gasteiger partial charge in [0.15, 0.2) is 0 Å². The van der Waals surface area contributed by atoms with Crippen molar-refractivity contribution in [1.82, 2.24) is 9.55 Å². The van der Waals surface area contributed by atoms with Crippen molar-refractivity contribution in [3.63, 3.8) is 0 Å². The van der Waals surface area contributed by atoms with Crippen LogP contribution in [-0.4, -0.2) is 30.0 Å². The van der Waals surface area contributed by atoms with Gasteiger partial charge in [0.1, 0.15) is 9.84 Å². The van der Waals surface area contributed by atoms with Gasteiger partial charge in [0.2, 0.25) is 5.95 Å². The molecule has 0 spiro atoms. The van der Waals surface area contributed by atoms with Gasteiger partial charge in [-0.05, 0) is 24.6 Å². The number of halogens is 1. The number of nitrogens with two attached hydrogens (primary N) is 1. The lowest BCUT2D eigenvalue weighted by Crippen LogP contribution is -2.09. The van der Waals surface area contributed by atoms with Gasteiger partial charge in [-0.3, -0.25) is 0 Å². The number of fused-ring (bicyclic) bond motifs is 1. The summed E-state index contributed by atoms with van der Waals surface area (Å²) >= 11 is 5.93. The van der Waals surface area contributed by atoms with E-state index in [1.807, 2.05) is 0 Å². The third-order valence-electron chi connectivity index (χ3n) is 2.64. The number of nitrogen functional groups attached to an aromatic ring is 1. The number of rotatable bonds is 4. The lowest BCUT2D eigenvalue weighted by atomic mass is 10.3. The van der Waals surface area contributed by atoms with Crippen LogP contribution in [-0.2, 0) is 16.4 Å². The van der Waals surface area contributed by atoms with Crippen molar-refractivity contribution in [2.75, 3.05) is 17.7 Å². The molecule has 1 heterocycles. The summed E-state index contributed by atoms with van der Waals surface area (Å²) in [4.78, 5) is 4.20. The van der Waals surface area contributed by atoms with E-state index in [9.17, 15) is 8.42 Å². The highest BCUT2D eigenvalue weighted by molar-refractivity contribution is 7.90. The van der Waals surface area contributed by atoms with Gasteiger partial charge in [-0.15, -0.1) is 0 Å². The number of aromatic nitrogens is 2. The predicted octanol–water partition coefficient (Wildman–Crippen LogP) is 1.71. The van der Waals surface area contributed by atoms with Crippen molar-refractivity contribution >= 4 is 38.4 Å². The van der Waals surface area contributed by atoms with Gasteiger partial charge >= 0.3 is 0 Å². The van der Waals surface area contributed by atoms with Crippen molar-refractivity contribution in [3.05, 3.63) is 23.2 Å². The second kappa shape index (κ2) is 4.78. The molecule has 7 heteroatoms. The monoisotopic (exact) mass is 287 g/mol. The standard InChI is InChI=1S/C11H14ClN3O2S/c1-18(16,17)6-2-5-15-10-7-8(12)3-4-9(10)14-11(15)13/h3-4,7H,2,5-6H2,1H3,(H2,13,14). The molecule has 2 aromatic rings. The van der Waals surface area contributed by atoms with E-state index in [4.69, 9.17) is 17.3 Å². The normalized spacial score (nSPS) is 12.1. The molecule has 0 aliphatic carbocycles. The zero-order valence-corrected chi connectivity index (χ0v) is 11.5. The van der Waals surface area contributed by atoms with Crippen LogP contribution in [0.25, 0.3) is 11.0 Å². The molecule has 0 fully saturated rings. The quantitative estimate of drug-likeness (QED) is 0.928. The SMILES string of the molecule is CS(=O)(=O)CCCn1c(N)nc2ccc(Cl)cc21. The number of hydrogen-bond donors (Lipinski definition) is 1. The van der Waals surface area contributed by atoms with Gasteiger partial charge in [-0.25, -0.2) is 13.4 Å².